The molecule has 1 aliphatic rings. The number of halogens is 1. The first kappa shape index (κ1) is 14.5. The van der Waals surface area contributed by atoms with Crippen LogP contribution in [0, 0.1) is 0 Å². The van der Waals surface area contributed by atoms with Gasteiger partial charge in [0.05, 0.1) is 5.25 Å². The molecular weight excluding hydrogens is 286 g/mol. The van der Waals surface area contributed by atoms with Gasteiger partial charge < -0.3 is 0 Å². The fourth-order valence-electron chi connectivity index (χ4n) is 2.23. The Labute approximate surface area is 118 Å². The Morgan fingerprint density at radius 3 is 2.63 bits per heavy atom. The summed E-state index contributed by atoms with van der Waals surface area (Å²) in [7, 11) is -3.29. The predicted octanol–water partition coefficient (Wildman–Crippen LogP) is 1.95. The maximum absolute atomic E-state index is 11.8. The van der Waals surface area contributed by atoms with E-state index in [0.717, 1.165) is 17.4 Å². The van der Waals surface area contributed by atoms with E-state index in [4.69, 9.17) is 11.6 Å². The average molecular weight is 302 g/mol. The molecule has 0 heterocycles. The first-order valence-electron chi connectivity index (χ1n) is 6.11. The second kappa shape index (κ2) is 5.23. The Kier molecular flexibility index (Phi) is 3.99. The molecule has 0 amide bonds. The van der Waals surface area contributed by atoms with Crippen LogP contribution < -0.4 is 4.72 Å². The van der Waals surface area contributed by atoms with Crippen LogP contribution in [-0.2, 0) is 22.9 Å². The monoisotopic (exact) mass is 301 g/mol. The van der Waals surface area contributed by atoms with E-state index in [2.05, 4.69) is 4.72 Å². The molecule has 1 N–H and O–H groups in total. The van der Waals surface area contributed by atoms with Gasteiger partial charge in [0.15, 0.2) is 0 Å². The van der Waals surface area contributed by atoms with E-state index in [1.807, 2.05) is 0 Å². The molecule has 1 atom stereocenters. The number of carbonyl (C=O) groups excluding carboxylic acids is 1. The lowest BCUT2D eigenvalue weighted by Crippen LogP contribution is -2.39. The van der Waals surface area contributed by atoms with Crippen LogP contribution in [0.4, 0.5) is 0 Å². The Balaban J connectivity index is 2.21. The van der Waals surface area contributed by atoms with Crippen molar-refractivity contribution in [2.24, 2.45) is 0 Å². The van der Waals surface area contributed by atoms with Crippen molar-refractivity contribution in [3.8, 4) is 0 Å². The van der Waals surface area contributed by atoms with Crippen molar-refractivity contribution in [1.82, 2.24) is 4.72 Å². The minimum absolute atomic E-state index is 0.179. The molecule has 0 radical (unpaired) electrons. The van der Waals surface area contributed by atoms with Gasteiger partial charge in [0, 0.05) is 16.6 Å². The van der Waals surface area contributed by atoms with Gasteiger partial charge >= 0.3 is 0 Å². The van der Waals surface area contributed by atoms with Crippen LogP contribution in [0.5, 0.6) is 0 Å². The lowest BCUT2D eigenvalue weighted by molar-refractivity contribution is 0.112. The van der Waals surface area contributed by atoms with Crippen LogP contribution in [0.15, 0.2) is 12.1 Å². The zero-order chi connectivity index (χ0) is 14.2. The van der Waals surface area contributed by atoms with Gasteiger partial charge in [0.2, 0.25) is 10.0 Å². The molecule has 0 unspecified atom stereocenters. The van der Waals surface area contributed by atoms with Gasteiger partial charge in [-0.05, 0) is 49.9 Å². The highest BCUT2D eigenvalue weighted by molar-refractivity contribution is 7.90. The summed E-state index contributed by atoms with van der Waals surface area (Å²) in [6, 6.07) is 3.21. The Morgan fingerprint density at radius 2 is 2.05 bits per heavy atom. The third kappa shape index (κ3) is 2.99. The summed E-state index contributed by atoms with van der Waals surface area (Å²) in [5.74, 6) is 0. The van der Waals surface area contributed by atoms with Crippen LogP contribution in [0.1, 0.15) is 35.3 Å². The van der Waals surface area contributed by atoms with Gasteiger partial charge in [-0.3, -0.25) is 4.79 Å². The smallest absolute Gasteiger partial charge is 0.214 e. The maximum Gasteiger partial charge on any atom is 0.214 e. The van der Waals surface area contributed by atoms with Gasteiger partial charge in [0.25, 0.3) is 0 Å². The van der Waals surface area contributed by atoms with Gasteiger partial charge in [-0.1, -0.05) is 11.6 Å². The molecule has 2 rings (SSSR count). The van der Waals surface area contributed by atoms with E-state index in [1.54, 1.807) is 26.0 Å². The van der Waals surface area contributed by atoms with Crippen molar-refractivity contribution in [3.63, 3.8) is 0 Å². The van der Waals surface area contributed by atoms with Crippen LogP contribution >= 0.6 is 11.6 Å². The second-order valence-corrected chi connectivity index (χ2v) is 7.75. The van der Waals surface area contributed by atoms with Gasteiger partial charge in [-0.2, -0.15) is 0 Å². The molecule has 19 heavy (non-hydrogen) atoms. The highest BCUT2D eigenvalue weighted by Gasteiger charge is 2.28. The molecule has 0 bridgehead atoms. The number of hydrogen-bond acceptors (Lipinski definition) is 3. The molecule has 1 aromatic carbocycles. The molecule has 0 saturated heterocycles. The molecule has 0 aromatic heterocycles. The number of benzene rings is 1. The number of carbonyl (C=O) groups is 1. The van der Waals surface area contributed by atoms with Crippen molar-refractivity contribution < 1.29 is 13.2 Å². The third-order valence-electron chi connectivity index (χ3n) is 3.31. The predicted molar refractivity (Wildman–Crippen MR) is 75.2 cm³/mol. The minimum atomic E-state index is -3.29. The number of aldehydes is 1. The van der Waals surface area contributed by atoms with Crippen molar-refractivity contribution in [2.75, 3.05) is 0 Å². The van der Waals surface area contributed by atoms with Crippen molar-refractivity contribution in [1.29, 1.82) is 0 Å². The molecule has 4 nitrogen and oxygen atoms in total. The molecule has 104 valence electrons. The van der Waals surface area contributed by atoms with E-state index in [-0.39, 0.29) is 6.04 Å². The number of fused-ring (bicyclic) bond motifs is 1. The van der Waals surface area contributed by atoms with E-state index in [0.29, 0.717) is 23.4 Å². The summed E-state index contributed by atoms with van der Waals surface area (Å²) in [4.78, 5) is 10.8. The largest absolute Gasteiger partial charge is 0.298 e. The van der Waals surface area contributed by atoms with Crippen LogP contribution in [-0.4, -0.2) is 26.0 Å². The third-order valence-corrected chi connectivity index (χ3v) is 5.55. The summed E-state index contributed by atoms with van der Waals surface area (Å²) in [5.41, 5.74) is 2.41. The quantitative estimate of drug-likeness (QED) is 0.865. The zero-order valence-electron chi connectivity index (χ0n) is 10.8. The highest BCUT2D eigenvalue weighted by Crippen LogP contribution is 2.30. The summed E-state index contributed by atoms with van der Waals surface area (Å²) < 4.78 is 26.4. The van der Waals surface area contributed by atoms with E-state index in [9.17, 15) is 13.2 Å². The number of nitrogens with one attached hydrogen (secondary N) is 1. The van der Waals surface area contributed by atoms with E-state index >= 15 is 0 Å². The van der Waals surface area contributed by atoms with E-state index < -0.39 is 15.3 Å². The van der Waals surface area contributed by atoms with Gasteiger partial charge in [-0.15, -0.1) is 0 Å². The highest BCUT2D eigenvalue weighted by atomic mass is 35.5. The number of rotatable bonds is 4. The normalized spacial score (nSPS) is 18.6. The lowest BCUT2D eigenvalue weighted by atomic mass is 10.1. The Hall–Kier alpha value is -0.910. The van der Waals surface area contributed by atoms with Gasteiger partial charge in [0.1, 0.15) is 6.29 Å². The molecule has 1 aliphatic carbocycles. The van der Waals surface area contributed by atoms with Crippen molar-refractivity contribution in [2.45, 2.75) is 38.0 Å². The van der Waals surface area contributed by atoms with Crippen molar-refractivity contribution >= 4 is 27.9 Å². The molecule has 0 aliphatic heterocycles. The lowest BCUT2D eigenvalue weighted by Gasteiger charge is -2.14. The molecule has 0 saturated carbocycles. The number of sulfonamides is 1. The summed E-state index contributed by atoms with van der Waals surface area (Å²) in [5, 5.41) is 0.0723. The second-order valence-electron chi connectivity index (χ2n) is 5.08. The summed E-state index contributed by atoms with van der Waals surface area (Å²) >= 11 is 6.12. The maximum atomic E-state index is 11.8. The van der Waals surface area contributed by atoms with E-state index in [1.165, 1.54) is 0 Å². The number of hydrogen-bond donors (Lipinski definition) is 1. The SMILES string of the molecule is CC(C)S(=O)(=O)N[C@H]1Cc2cc(C=O)cc(Cl)c2C1. The first-order valence-corrected chi connectivity index (χ1v) is 8.03. The fourth-order valence-corrected chi connectivity index (χ4v) is 3.46. The topological polar surface area (TPSA) is 63.2 Å². The van der Waals surface area contributed by atoms with Crippen molar-refractivity contribution in [3.05, 3.63) is 33.8 Å². The average Bonchev–Trinajstić information content (AvgIpc) is 2.70. The van der Waals surface area contributed by atoms with Crippen LogP contribution in [0.25, 0.3) is 0 Å². The molecule has 0 fully saturated rings. The summed E-state index contributed by atoms with van der Waals surface area (Å²) in [6.07, 6.45) is 1.89. The van der Waals surface area contributed by atoms with Crippen LogP contribution in [0.3, 0.4) is 0 Å². The van der Waals surface area contributed by atoms with Gasteiger partial charge in [-0.25, -0.2) is 13.1 Å². The zero-order valence-corrected chi connectivity index (χ0v) is 12.4. The summed E-state index contributed by atoms with van der Waals surface area (Å²) in [6.45, 7) is 3.28. The molecule has 1 aromatic rings. The Morgan fingerprint density at radius 1 is 1.37 bits per heavy atom. The molecule has 0 spiro atoms. The first-order chi connectivity index (χ1) is 8.83. The Bertz CT molecular complexity index is 611. The fraction of sp³-hybridized carbons (Fsp3) is 0.462. The van der Waals surface area contributed by atoms with Crippen LogP contribution in [0.2, 0.25) is 5.02 Å². The molecular formula is C13H16ClNO3S. The molecule has 6 heteroatoms. The standard InChI is InChI=1S/C13H16ClNO3S/c1-8(2)19(17,18)15-11-5-10-3-9(7-16)4-13(14)12(10)6-11/h3-4,7-8,11,15H,5-6H2,1-2H3/t11-/m0/s1. The minimum Gasteiger partial charge on any atom is -0.298 e.